The number of ether oxygens (including phenoxy) is 1. The average Bonchev–Trinajstić information content (AvgIpc) is 2.68. The molecule has 0 saturated carbocycles. The fourth-order valence-electron chi connectivity index (χ4n) is 2.97. The van der Waals surface area contributed by atoms with Crippen LogP contribution in [0.25, 0.3) is 0 Å². The van der Waals surface area contributed by atoms with Gasteiger partial charge in [-0.15, -0.1) is 0 Å². The Morgan fingerprint density at radius 2 is 1.69 bits per heavy atom. The van der Waals surface area contributed by atoms with Crippen LogP contribution >= 0.6 is 0 Å². The van der Waals surface area contributed by atoms with Crippen molar-refractivity contribution in [2.75, 3.05) is 39.3 Å². The van der Waals surface area contributed by atoms with Gasteiger partial charge in [0.05, 0.1) is 0 Å². The first-order valence-electron chi connectivity index (χ1n) is 8.75. The molecule has 3 rings (SSSR count). The third kappa shape index (κ3) is 5.03. The third-order valence-corrected chi connectivity index (χ3v) is 4.41. The Hall–Kier alpha value is -2.44. The molecule has 1 heterocycles. The van der Waals surface area contributed by atoms with Crippen molar-refractivity contribution in [3.05, 3.63) is 66.0 Å². The maximum absolute atomic E-state index is 13.0. The van der Waals surface area contributed by atoms with Crippen LogP contribution in [0.4, 0.5) is 4.39 Å². The lowest BCUT2D eigenvalue weighted by Crippen LogP contribution is -2.50. The van der Waals surface area contributed by atoms with Crippen LogP contribution < -0.4 is 4.74 Å². The van der Waals surface area contributed by atoms with E-state index < -0.39 is 6.10 Å². The molecule has 26 heavy (non-hydrogen) atoms. The van der Waals surface area contributed by atoms with Crippen LogP contribution in [0.3, 0.4) is 0 Å². The van der Waals surface area contributed by atoms with Crippen molar-refractivity contribution in [3.8, 4) is 5.75 Å². The zero-order valence-electron chi connectivity index (χ0n) is 14.6. The second kappa shape index (κ2) is 8.78. The number of β-amino-alcohol motifs (C(OH)–C–C–N with tert-alkyl or cyclic N) is 1. The number of aliphatic hydroxyl groups excluding tert-OH is 1. The van der Waals surface area contributed by atoms with Crippen molar-refractivity contribution in [3.63, 3.8) is 0 Å². The number of rotatable bonds is 6. The highest BCUT2D eigenvalue weighted by atomic mass is 19.1. The summed E-state index contributed by atoms with van der Waals surface area (Å²) in [5, 5.41) is 10.2. The van der Waals surface area contributed by atoms with Gasteiger partial charge in [-0.05, 0) is 36.4 Å². The number of hydrogen-bond donors (Lipinski definition) is 1. The summed E-state index contributed by atoms with van der Waals surface area (Å²) in [6.45, 7) is 3.29. The van der Waals surface area contributed by atoms with Crippen LogP contribution in [-0.2, 0) is 0 Å². The Labute approximate surface area is 152 Å². The lowest BCUT2D eigenvalue weighted by atomic mass is 10.1. The summed E-state index contributed by atoms with van der Waals surface area (Å²) in [5.74, 6) is 0.303. The zero-order valence-corrected chi connectivity index (χ0v) is 14.6. The summed E-state index contributed by atoms with van der Waals surface area (Å²) in [5.41, 5.74) is 0.496. The van der Waals surface area contributed by atoms with Crippen LogP contribution in [0.5, 0.6) is 5.75 Å². The maximum Gasteiger partial charge on any atom is 0.253 e. The van der Waals surface area contributed by atoms with E-state index in [1.807, 2.05) is 30.3 Å². The second-order valence-corrected chi connectivity index (χ2v) is 6.38. The number of hydrogen-bond acceptors (Lipinski definition) is 4. The second-order valence-electron chi connectivity index (χ2n) is 6.38. The summed E-state index contributed by atoms with van der Waals surface area (Å²) >= 11 is 0. The Kier molecular flexibility index (Phi) is 6.20. The van der Waals surface area contributed by atoms with Gasteiger partial charge >= 0.3 is 0 Å². The molecule has 1 unspecified atom stereocenters. The Morgan fingerprint density at radius 3 is 2.35 bits per heavy atom. The molecule has 0 radical (unpaired) electrons. The van der Waals surface area contributed by atoms with Crippen LogP contribution in [-0.4, -0.2) is 66.2 Å². The standard InChI is InChI=1S/C20H23FN2O3/c21-17-8-6-16(7-9-17)20(25)23-12-10-22(11-13-23)14-18(24)15-26-19-4-2-1-3-5-19/h1-9,18,24H,10-15H2. The van der Waals surface area contributed by atoms with E-state index >= 15 is 0 Å². The van der Waals surface area contributed by atoms with Crippen LogP contribution in [0.2, 0.25) is 0 Å². The summed E-state index contributed by atoms with van der Waals surface area (Å²) < 4.78 is 18.5. The lowest BCUT2D eigenvalue weighted by Gasteiger charge is -2.35. The molecular formula is C20H23FN2O3. The predicted octanol–water partition coefficient (Wildman–Crippen LogP) is 2.02. The molecule has 1 N–H and O–H groups in total. The number of carbonyl (C=O) groups excluding carboxylic acids is 1. The number of halogens is 1. The van der Waals surface area contributed by atoms with Crippen LogP contribution in [0.1, 0.15) is 10.4 Å². The molecule has 138 valence electrons. The third-order valence-electron chi connectivity index (χ3n) is 4.41. The molecule has 0 bridgehead atoms. The molecule has 5 nitrogen and oxygen atoms in total. The molecule has 1 fully saturated rings. The van der Waals surface area contributed by atoms with Crippen molar-refractivity contribution < 1.29 is 19.0 Å². The largest absolute Gasteiger partial charge is 0.491 e. The van der Waals surface area contributed by atoms with Gasteiger partial charge in [0.25, 0.3) is 5.91 Å². The van der Waals surface area contributed by atoms with E-state index in [-0.39, 0.29) is 18.3 Å². The topological polar surface area (TPSA) is 53.0 Å². The van der Waals surface area contributed by atoms with E-state index in [2.05, 4.69) is 4.90 Å². The van der Waals surface area contributed by atoms with Gasteiger partial charge < -0.3 is 14.7 Å². The molecule has 6 heteroatoms. The highest BCUT2D eigenvalue weighted by Gasteiger charge is 2.23. The van der Waals surface area contributed by atoms with Gasteiger partial charge in [0, 0.05) is 38.3 Å². The van der Waals surface area contributed by atoms with Gasteiger partial charge in [0.15, 0.2) is 0 Å². The Bertz CT molecular complexity index is 701. The molecule has 0 aliphatic carbocycles. The van der Waals surface area contributed by atoms with Gasteiger partial charge in [0.2, 0.25) is 0 Å². The molecular weight excluding hydrogens is 335 g/mol. The van der Waals surface area contributed by atoms with Gasteiger partial charge in [0.1, 0.15) is 24.3 Å². The normalized spacial score (nSPS) is 16.3. The minimum absolute atomic E-state index is 0.0855. The number of amides is 1. The van der Waals surface area contributed by atoms with Crippen molar-refractivity contribution >= 4 is 5.91 Å². The molecule has 0 spiro atoms. The molecule has 2 aromatic carbocycles. The van der Waals surface area contributed by atoms with E-state index in [1.54, 1.807) is 4.90 Å². The molecule has 2 aromatic rings. The molecule has 1 aliphatic heterocycles. The first-order valence-corrected chi connectivity index (χ1v) is 8.75. The minimum atomic E-state index is -0.588. The minimum Gasteiger partial charge on any atom is -0.491 e. The number of piperazine rings is 1. The molecule has 0 aromatic heterocycles. The first-order chi connectivity index (χ1) is 12.6. The van der Waals surface area contributed by atoms with Crippen molar-refractivity contribution in [2.24, 2.45) is 0 Å². The SMILES string of the molecule is O=C(c1ccc(F)cc1)N1CCN(CC(O)COc2ccccc2)CC1. The van der Waals surface area contributed by atoms with Crippen molar-refractivity contribution in [1.82, 2.24) is 9.80 Å². The number of carbonyl (C=O) groups is 1. The fraction of sp³-hybridized carbons (Fsp3) is 0.350. The summed E-state index contributed by atoms with van der Waals surface area (Å²) in [6.07, 6.45) is -0.588. The number of benzene rings is 2. The smallest absolute Gasteiger partial charge is 0.253 e. The summed E-state index contributed by atoms with van der Waals surface area (Å²) in [7, 11) is 0. The summed E-state index contributed by atoms with van der Waals surface area (Å²) in [4.78, 5) is 16.3. The maximum atomic E-state index is 13.0. The molecule has 1 atom stereocenters. The van der Waals surface area contributed by atoms with Crippen molar-refractivity contribution in [1.29, 1.82) is 0 Å². The highest BCUT2D eigenvalue weighted by Crippen LogP contribution is 2.12. The molecule has 1 saturated heterocycles. The lowest BCUT2D eigenvalue weighted by molar-refractivity contribution is 0.0403. The van der Waals surface area contributed by atoms with Crippen LogP contribution in [0.15, 0.2) is 54.6 Å². The van der Waals surface area contributed by atoms with E-state index in [4.69, 9.17) is 4.74 Å². The van der Waals surface area contributed by atoms with Gasteiger partial charge in [-0.1, -0.05) is 18.2 Å². The number of nitrogens with zero attached hydrogens (tertiary/aromatic N) is 2. The van der Waals surface area contributed by atoms with Gasteiger partial charge in [-0.25, -0.2) is 4.39 Å². The van der Waals surface area contributed by atoms with E-state index in [1.165, 1.54) is 24.3 Å². The van der Waals surface area contributed by atoms with Gasteiger partial charge in [-0.3, -0.25) is 9.69 Å². The first kappa shape index (κ1) is 18.4. The monoisotopic (exact) mass is 358 g/mol. The van der Waals surface area contributed by atoms with Crippen LogP contribution in [0, 0.1) is 5.82 Å². The van der Waals surface area contributed by atoms with Gasteiger partial charge in [-0.2, -0.15) is 0 Å². The number of para-hydroxylation sites is 1. The highest BCUT2D eigenvalue weighted by molar-refractivity contribution is 5.94. The predicted molar refractivity (Wildman–Crippen MR) is 96.7 cm³/mol. The molecule has 1 amide bonds. The van der Waals surface area contributed by atoms with E-state index in [0.29, 0.717) is 38.3 Å². The summed E-state index contributed by atoms with van der Waals surface area (Å²) in [6, 6.07) is 15.0. The Balaban J connectivity index is 1.41. The fourth-order valence-corrected chi connectivity index (χ4v) is 2.97. The average molecular weight is 358 g/mol. The van der Waals surface area contributed by atoms with Crippen molar-refractivity contribution in [2.45, 2.75) is 6.10 Å². The van der Waals surface area contributed by atoms with E-state index in [0.717, 1.165) is 5.75 Å². The zero-order chi connectivity index (χ0) is 18.4. The van der Waals surface area contributed by atoms with E-state index in [9.17, 15) is 14.3 Å². The molecule has 1 aliphatic rings. The number of aliphatic hydroxyl groups is 1. The Morgan fingerprint density at radius 1 is 1.04 bits per heavy atom. The quantitative estimate of drug-likeness (QED) is 0.859.